The number of fused-ring (bicyclic) bond motifs is 1. The summed E-state index contributed by atoms with van der Waals surface area (Å²) >= 11 is 0. The van der Waals surface area contributed by atoms with Gasteiger partial charge in [0.2, 0.25) is 0 Å². The minimum Gasteiger partial charge on any atom is -0.354 e. The van der Waals surface area contributed by atoms with Crippen molar-refractivity contribution in [1.82, 2.24) is 10.3 Å². The Morgan fingerprint density at radius 1 is 1.38 bits per heavy atom. The minimum absolute atomic E-state index is 0.138. The third-order valence-corrected chi connectivity index (χ3v) is 2.64. The second-order valence-corrected chi connectivity index (χ2v) is 3.62. The molecule has 1 amide bonds. The summed E-state index contributed by atoms with van der Waals surface area (Å²) in [7, 11) is 1.62. The van der Waals surface area contributed by atoms with Crippen molar-refractivity contribution in [3.63, 3.8) is 0 Å². The first-order chi connectivity index (χ1) is 7.76. The summed E-state index contributed by atoms with van der Waals surface area (Å²) in [5, 5.41) is 3.72. The van der Waals surface area contributed by atoms with E-state index in [1.54, 1.807) is 7.05 Å². The van der Waals surface area contributed by atoms with Gasteiger partial charge in [0.1, 0.15) is 5.69 Å². The third kappa shape index (κ3) is 1.76. The highest BCUT2D eigenvalue weighted by Crippen LogP contribution is 2.18. The second-order valence-electron chi connectivity index (χ2n) is 3.62. The van der Waals surface area contributed by atoms with Crippen molar-refractivity contribution >= 4 is 16.8 Å². The van der Waals surface area contributed by atoms with Gasteiger partial charge < -0.3 is 5.32 Å². The van der Waals surface area contributed by atoms with E-state index in [0.717, 1.165) is 22.9 Å². The van der Waals surface area contributed by atoms with Crippen molar-refractivity contribution in [3.05, 3.63) is 41.6 Å². The molecule has 0 bridgehead atoms. The van der Waals surface area contributed by atoms with Crippen molar-refractivity contribution in [3.8, 4) is 0 Å². The van der Waals surface area contributed by atoms with Crippen LogP contribution in [0.4, 0.5) is 0 Å². The first-order valence-corrected chi connectivity index (χ1v) is 5.37. The normalized spacial score (nSPS) is 10.4. The molecule has 2 aromatic rings. The van der Waals surface area contributed by atoms with Gasteiger partial charge in [0.05, 0.1) is 5.52 Å². The summed E-state index contributed by atoms with van der Waals surface area (Å²) in [4.78, 5) is 15.9. The van der Waals surface area contributed by atoms with Crippen LogP contribution >= 0.6 is 0 Å². The highest BCUT2D eigenvalue weighted by molar-refractivity contribution is 5.95. The predicted molar refractivity (Wildman–Crippen MR) is 64.5 cm³/mol. The van der Waals surface area contributed by atoms with E-state index in [1.807, 2.05) is 30.3 Å². The number of amides is 1. The number of hydrogen-bond acceptors (Lipinski definition) is 2. The van der Waals surface area contributed by atoms with Crippen molar-refractivity contribution in [2.45, 2.75) is 13.3 Å². The maximum absolute atomic E-state index is 11.6. The van der Waals surface area contributed by atoms with Crippen LogP contribution in [0.3, 0.4) is 0 Å². The standard InChI is InChI=1S/C13H14N2O/c1-3-9-8-12(13(16)14-2)15-11-7-5-4-6-10(9)11/h4-8H,3H2,1-2H3,(H,14,16). The molecule has 0 saturated heterocycles. The molecule has 0 atom stereocenters. The first kappa shape index (κ1) is 10.6. The Kier molecular flexibility index (Phi) is 2.86. The van der Waals surface area contributed by atoms with E-state index < -0.39 is 0 Å². The molecule has 3 nitrogen and oxygen atoms in total. The maximum atomic E-state index is 11.6. The number of carbonyl (C=O) groups excluding carboxylic acids is 1. The van der Waals surface area contributed by atoms with E-state index >= 15 is 0 Å². The molecule has 1 aromatic heterocycles. The van der Waals surface area contributed by atoms with Gasteiger partial charge in [-0.15, -0.1) is 0 Å². The van der Waals surface area contributed by atoms with Gasteiger partial charge in [-0.1, -0.05) is 25.1 Å². The summed E-state index contributed by atoms with van der Waals surface area (Å²) in [6, 6.07) is 9.75. The lowest BCUT2D eigenvalue weighted by atomic mass is 10.1. The molecule has 0 saturated carbocycles. The number of aromatic nitrogens is 1. The Morgan fingerprint density at radius 3 is 2.81 bits per heavy atom. The Labute approximate surface area is 94.5 Å². The van der Waals surface area contributed by atoms with E-state index in [9.17, 15) is 4.79 Å². The molecule has 0 aliphatic carbocycles. The molecule has 0 fully saturated rings. The van der Waals surface area contributed by atoms with Gasteiger partial charge in [-0.25, -0.2) is 4.98 Å². The zero-order chi connectivity index (χ0) is 11.5. The fraction of sp³-hybridized carbons (Fsp3) is 0.231. The lowest BCUT2D eigenvalue weighted by Gasteiger charge is -2.06. The minimum atomic E-state index is -0.138. The van der Waals surface area contributed by atoms with Crippen LogP contribution in [0.1, 0.15) is 23.0 Å². The third-order valence-electron chi connectivity index (χ3n) is 2.64. The highest BCUT2D eigenvalue weighted by Gasteiger charge is 2.09. The van der Waals surface area contributed by atoms with Crippen LogP contribution < -0.4 is 5.32 Å². The number of pyridine rings is 1. The number of benzene rings is 1. The van der Waals surface area contributed by atoms with E-state index in [-0.39, 0.29) is 5.91 Å². The van der Waals surface area contributed by atoms with Gasteiger partial charge in [-0.05, 0) is 24.1 Å². The number of nitrogens with zero attached hydrogens (tertiary/aromatic N) is 1. The van der Waals surface area contributed by atoms with Crippen LogP contribution in [-0.4, -0.2) is 17.9 Å². The predicted octanol–water partition coefficient (Wildman–Crippen LogP) is 2.16. The maximum Gasteiger partial charge on any atom is 0.269 e. The topological polar surface area (TPSA) is 42.0 Å². The molecule has 0 aliphatic heterocycles. The van der Waals surface area contributed by atoms with Crippen molar-refractivity contribution in [2.24, 2.45) is 0 Å². The second kappa shape index (κ2) is 4.31. The SMILES string of the molecule is CCc1cc(C(=O)NC)nc2ccccc12. The van der Waals surface area contributed by atoms with Crippen LogP contribution in [0.2, 0.25) is 0 Å². The van der Waals surface area contributed by atoms with E-state index in [2.05, 4.69) is 17.2 Å². The van der Waals surface area contributed by atoms with Crippen molar-refractivity contribution in [1.29, 1.82) is 0 Å². The zero-order valence-electron chi connectivity index (χ0n) is 9.45. The zero-order valence-corrected chi connectivity index (χ0v) is 9.45. The molecule has 1 heterocycles. The van der Waals surface area contributed by atoms with Crippen LogP contribution in [0, 0.1) is 0 Å². The van der Waals surface area contributed by atoms with E-state index in [0.29, 0.717) is 5.69 Å². The summed E-state index contributed by atoms with van der Waals surface area (Å²) in [5.41, 5.74) is 2.52. The van der Waals surface area contributed by atoms with E-state index in [1.165, 1.54) is 0 Å². The highest BCUT2D eigenvalue weighted by atomic mass is 16.1. The largest absolute Gasteiger partial charge is 0.354 e. The quantitative estimate of drug-likeness (QED) is 0.832. The molecule has 0 unspecified atom stereocenters. The van der Waals surface area contributed by atoms with Gasteiger partial charge in [-0.2, -0.15) is 0 Å². The van der Waals surface area contributed by atoms with Crippen LogP contribution in [0.5, 0.6) is 0 Å². The van der Waals surface area contributed by atoms with Gasteiger partial charge in [0, 0.05) is 12.4 Å². The molecule has 2 rings (SSSR count). The van der Waals surface area contributed by atoms with Crippen LogP contribution in [0.25, 0.3) is 10.9 Å². The number of nitrogens with one attached hydrogen (secondary N) is 1. The number of aryl methyl sites for hydroxylation is 1. The first-order valence-electron chi connectivity index (χ1n) is 5.37. The Hall–Kier alpha value is -1.90. The van der Waals surface area contributed by atoms with E-state index in [4.69, 9.17) is 0 Å². The van der Waals surface area contributed by atoms with Crippen LogP contribution in [-0.2, 0) is 6.42 Å². The summed E-state index contributed by atoms with van der Waals surface area (Å²) < 4.78 is 0. The molecular weight excluding hydrogens is 200 g/mol. The molecule has 16 heavy (non-hydrogen) atoms. The molecule has 0 radical (unpaired) electrons. The van der Waals surface area contributed by atoms with Gasteiger partial charge in [0.15, 0.2) is 0 Å². The summed E-state index contributed by atoms with van der Waals surface area (Å²) in [6.07, 6.45) is 0.896. The molecule has 3 heteroatoms. The van der Waals surface area contributed by atoms with Gasteiger partial charge in [-0.3, -0.25) is 4.79 Å². The van der Waals surface area contributed by atoms with Gasteiger partial charge >= 0.3 is 0 Å². The molecule has 0 aliphatic rings. The molecule has 0 spiro atoms. The van der Waals surface area contributed by atoms with Crippen molar-refractivity contribution in [2.75, 3.05) is 7.05 Å². The smallest absolute Gasteiger partial charge is 0.269 e. The fourth-order valence-electron chi connectivity index (χ4n) is 1.78. The number of para-hydroxylation sites is 1. The average molecular weight is 214 g/mol. The van der Waals surface area contributed by atoms with Gasteiger partial charge in [0.25, 0.3) is 5.91 Å². The Morgan fingerprint density at radius 2 is 2.12 bits per heavy atom. The summed E-state index contributed by atoms with van der Waals surface area (Å²) in [5.74, 6) is -0.138. The lowest BCUT2D eigenvalue weighted by molar-refractivity contribution is 0.0958. The number of rotatable bonds is 2. The number of hydrogen-bond donors (Lipinski definition) is 1. The molecule has 1 aromatic carbocycles. The number of carbonyl (C=O) groups is 1. The summed E-state index contributed by atoms with van der Waals surface area (Å²) in [6.45, 7) is 2.08. The fourth-order valence-corrected chi connectivity index (χ4v) is 1.78. The molecule has 82 valence electrons. The van der Waals surface area contributed by atoms with Crippen LogP contribution in [0.15, 0.2) is 30.3 Å². The Balaban J connectivity index is 2.68. The molecular formula is C13H14N2O. The molecule has 1 N–H and O–H groups in total. The Bertz CT molecular complexity index is 534. The van der Waals surface area contributed by atoms with Crippen molar-refractivity contribution < 1.29 is 4.79 Å². The average Bonchev–Trinajstić information content (AvgIpc) is 2.36. The lowest BCUT2D eigenvalue weighted by Crippen LogP contribution is -2.19. The monoisotopic (exact) mass is 214 g/mol.